The van der Waals surface area contributed by atoms with Gasteiger partial charge < -0.3 is 9.47 Å². The highest BCUT2D eigenvalue weighted by Crippen LogP contribution is 2.26. The first-order valence-corrected chi connectivity index (χ1v) is 11.5. The first-order valence-electron chi connectivity index (χ1n) is 9.32. The number of aromatic amines is 3. The van der Waals surface area contributed by atoms with Gasteiger partial charge in [0.2, 0.25) is 9.93 Å². The zero-order valence-electron chi connectivity index (χ0n) is 17.1. The number of rotatable bonds is 7. The molecule has 0 aliphatic carbocycles. The van der Waals surface area contributed by atoms with Gasteiger partial charge >= 0.3 is 0 Å². The minimum atomic E-state index is -0.241. The number of methoxy groups -OCH3 is 1. The number of hydrogen-bond donors (Lipinski definition) is 3. The Morgan fingerprint density at radius 1 is 0.969 bits per heavy atom. The third kappa shape index (κ3) is 6.89. The molecule has 1 atom stereocenters. The van der Waals surface area contributed by atoms with E-state index < -0.39 is 0 Å². The molecule has 8 nitrogen and oxygen atoms in total. The number of nitrogens with one attached hydrogen (secondary N) is 3. The number of hydrogen-bond acceptors (Lipinski definition) is 7. The summed E-state index contributed by atoms with van der Waals surface area (Å²) in [5.41, 5.74) is 1.67. The Hall–Kier alpha value is -2.21. The maximum absolute atomic E-state index is 6.10. The summed E-state index contributed by atoms with van der Waals surface area (Å²) in [5.74, 6) is 1.73. The highest BCUT2D eigenvalue weighted by atomic mass is 35.5. The molecule has 2 heterocycles. The summed E-state index contributed by atoms with van der Waals surface area (Å²) in [6.07, 6.45) is -0.241. The van der Waals surface area contributed by atoms with Crippen LogP contribution in [0, 0.1) is 4.77 Å². The summed E-state index contributed by atoms with van der Waals surface area (Å²) >= 11 is 18.3. The number of halogens is 2. The molecule has 1 unspecified atom stereocenters. The zero-order valence-corrected chi connectivity index (χ0v) is 20.3. The second-order valence-electron chi connectivity index (χ2n) is 6.17. The monoisotopic (exact) mass is 510 g/mol. The first kappa shape index (κ1) is 24.4. The Balaban J connectivity index is 0.000000193. The third-order valence-corrected chi connectivity index (χ3v) is 5.59. The number of H-pyrrole nitrogens is 3. The molecule has 2 aromatic heterocycles. The average molecular weight is 511 g/mol. The second-order valence-corrected chi connectivity index (χ2v) is 8.26. The molecule has 0 fully saturated rings. The van der Waals surface area contributed by atoms with Crippen molar-refractivity contribution in [2.75, 3.05) is 13.0 Å². The number of benzene rings is 2. The van der Waals surface area contributed by atoms with Gasteiger partial charge in [0.25, 0.3) is 0 Å². The van der Waals surface area contributed by atoms with E-state index >= 15 is 0 Å². The fourth-order valence-electron chi connectivity index (χ4n) is 2.39. The summed E-state index contributed by atoms with van der Waals surface area (Å²) in [5, 5.41) is 14.4. The SMILES string of the molecule is COC(C)OCSc1n[nH]c(-c2ccccc2Cl)n1.S=c1nc(-c2ccccc2Cl)[nH][nH]1. The van der Waals surface area contributed by atoms with Crippen molar-refractivity contribution < 1.29 is 9.47 Å². The second kappa shape index (κ2) is 12.1. The van der Waals surface area contributed by atoms with Crippen LogP contribution in [0.4, 0.5) is 0 Å². The van der Waals surface area contributed by atoms with Gasteiger partial charge in [-0.2, -0.15) is 4.98 Å². The average Bonchev–Trinajstić information content (AvgIpc) is 3.44. The molecule has 32 heavy (non-hydrogen) atoms. The molecular formula is C20H20Cl2N6O2S2. The standard InChI is InChI=1S/C12H14ClN3O2S.C8H6ClN3S/c1-8(17-2)18-7-19-12-14-11(15-16-12)9-5-3-4-6-10(9)13;9-6-4-2-1-3-5(6)7-10-8(13)12-11-7/h3-6,8H,7H2,1-2H3,(H,14,15,16);1-4H,(H2,10,11,12,13). The largest absolute Gasteiger partial charge is 0.356 e. The van der Waals surface area contributed by atoms with Crippen LogP contribution in [0.3, 0.4) is 0 Å². The van der Waals surface area contributed by atoms with E-state index in [0.717, 1.165) is 11.1 Å². The van der Waals surface area contributed by atoms with E-state index in [4.69, 9.17) is 44.9 Å². The Morgan fingerprint density at radius 2 is 1.59 bits per heavy atom. The molecule has 0 saturated carbocycles. The Bertz CT molecular complexity index is 1200. The summed E-state index contributed by atoms with van der Waals surface area (Å²) in [6, 6.07) is 14.9. The van der Waals surface area contributed by atoms with Gasteiger partial charge in [0, 0.05) is 18.2 Å². The number of aromatic nitrogens is 6. The van der Waals surface area contributed by atoms with Gasteiger partial charge in [-0.25, -0.2) is 4.98 Å². The molecule has 0 aliphatic heterocycles. The Kier molecular flexibility index (Phi) is 9.27. The molecular weight excluding hydrogens is 491 g/mol. The van der Waals surface area contributed by atoms with Crippen LogP contribution in [0.1, 0.15) is 6.92 Å². The summed E-state index contributed by atoms with van der Waals surface area (Å²) in [4.78, 5) is 8.42. The minimum Gasteiger partial charge on any atom is -0.356 e. The van der Waals surface area contributed by atoms with Gasteiger partial charge in [0.15, 0.2) is 17.9 Å². The lowest BCUT2D eigenvalue weighted by atomic mass is 10.2. The highest BCUT2D eigenvalue weighted by molar-refractivity contribution is 7.99. The van der Waals surface area contributed by atoms with Crippen LogP contribution in [-0.4, -0.2) is 49.7 Å². The molecule has 4 aromatic rings. The van der Waals surface area contributed by atoms with Crippen molar-refractivity contribution in [1.29, 1.82) is 0 Å². The van der Waals surface area contributed by atoms with Crippen LogP contribution < -0.4 is 0 Å². The van der Waals surface area contributed by atoms with Crippen LogP contribution in [0.5, 0.6) is 0 Å². The van der Waals surface area contributed by atoms with E-state index in [-0.39, 0.29) is 6.29 Å². The van der Waals surface area contributed by atoms with E-state index in [1.165, 1.54) is 11.8 Å². The van der Waals surface area contributed by atoms with E-state index in [9.17, 15) is 0 Å². The maximum Gasteiger partial charge on any atom is 0.213 e. The molecule has 0 radical (unpaired) electrons. The van der Waals surface area contributed by atoms with Crippen LogP contribution in [0.15, 0.2) is 53.7 Å². The van der Waals surface area contributed by atoms with Gasteiger partial charge in [0.1, 0.15) is 5.94 Å². The summed E-state index contributed by atoms with van der Waals surface area (Å²) in [6.45, 7) is 1.83. The van der Waals surface area contributed by atoms with Gasteiger partial charge in [0.05, 0.1) is 10.0 Å². The molecule has 0 bridgehead atoms. The highest BCUT2D eigenvalue weighted by Gasteiger charge is 2.09. The van der Waals surface area contributed by atoms with Crippen LogP contribution >= 0.6 is 47.2 Å². The van der Waals surface area contributed by atoms with E-state index in [0.29, 0.717) is 37.6 Å². The molecule has 0 saturated heterocycles. The van der Waals surface area contributed by atoms with Crippen LogP contribution in [0.25, 0.3) is 22.8 Å². The van der Waals surface area contributed by atoms with Crippen LogP contribution in [0.2, 0.25) is 10.0 Å². The molecule has 0 amide bonds. The van der Waals surface area contributed by atoms with Crippen molar-refractivity contribution in [3.8, 4) is 22.8 Å². The fourth-order valence-corrected chi connectivity index (χ4v) is 3.61. The smallest absolute Gasteiger partial charge is 0.213 e. The molecule has 0 aliphatic rings. The van der Waals surface area contributed by atoms with E-state index in [1.54, 1.807) is 7.11 Å². The van der Waals surface area contributed by atoms with Gasteiger partial charge in [-0.1, -0.05) is 59.2 Å². The van der Waals surface area contributed by atoms with Gasteiger partial charge in [-0.3, -0.25) is 15.3 Å². The summed E-state index contributed by atoms with van der Waals surface area (Å²) < 4.78 is 10.8. The lowest BCUT2D eigenvalue weighted by molar-refractivity contribution is -0.0937. The van der Waals surface area contributed by atoms with E-state index in [2.05, 4.69) is 30.4 Å². The maximum atomic E-state index is 6.10. The molecule has 12 heteroatoms. The normalized spacial score (nSPS) is 11.6. The van der Waals surface area contributed by atoms with E-state index in [1.807, 2.05) is 55.5 Å². The van der Waals surface area contributed by atoms with Crippen molar-refractivity contribution in [1.82, 2.24) is 30.4 Å². The molecule has 0 spiro atoms. The number of nitrogens with zero attached hydrogens (tertiary/aromatic N) is 3. The van der Waals surface area contributed by atoms with Crippen molar-refractivity contribution in [2.45, 2.75) is 18.4 Å². The minimum absolute atomic E-state index is 0.241. The molecule has 4 rings (SSSR count). The summed E-state index contributed by atoms with van der Waals surface area (Å²) in [7, 11) is 1.59. The first-order chi connectivity index (χ1) is 15.5. The lowest BCUT2D eigenvalue weighted by Gasteiger charge is -2.08. The molecule has 168 valence electrons. The molecule has 2 aromatic carbocycles. The predicted molar refractivity (Wildman–Crippen MR) is 129 cm³/mol. The lowest BCUT2D eigenvalue weighted by Crippen LogP contribution is -2.09. The van der Waals surface area contributed by atoms with Gasteiger partial charge in [-0.05, 0) is 43.4 Å². The van der Waals surface area contributed by atoms with Crippen molar-refractivity contribution in [3.05, 3.63) is 63.3 Å². The Morgan fingerprint density at radius 3 is 2.16 bits per heavy atom. The quantitative estimate of drug-likeness (QED) is 0.160. The topological polar surface area (TPSA) is 104 Å². The fraction of sp³-hybridized carbons (Fsp3) is 0.200. The molecule has 3 N–H and O–H groups in total. The number of ether oxygens (including phenoxy) is 2. The van der Waals surface area contributed by atoms with Crippen molar-refractivity contribution in [3.63, 3.8) is 0 Å². The predicted octanol–water partition coefficient (Wildman–Crippen LogP) is 5.97. The zero-order chi connectivity index (χ0) is 22.9. The number of thioether (sulfide) groups is 1. The Labute approximate surface area is 204 Å². The van der Waals surface area contributed by atoms with Crippen molar-refractivity contribution >= 4 is 47.2 Å². The van der Waals surface area contributed by atoms with Crippen LogP contribution in [-0.2, 0) is 9.47 Å². The van der Waals surface area contributed by atoms with Crippen molar-refractivity contribution in [2.24, 2.45) is 0 Å². The van der Waals surface area contributed by atoms with Gasteiger partial charge in [-0.15, -0.1) is 5.10 Å². The third-order valence-electron chi connectivity index (χ3n) is 4.05.